The van der Waals surface area contributed by atoms with Gasteiger partial charge in [0.05, 0.1) is 0 Å². The van der Waals surface area contributed by atoms with E-state index in [9.17, 15) is 9.59 Å². The summed E-state index contributed by atoms with van der Waals surface area (Å²) in [5.74, 6) is -1.36. The molecule has 0 atom stereocenters. The number of carboxylic acid groups (broad SMARTS) is 1. The molecule has 8 heteroatoms. The molecule has 0 aliphatic heterocycles. The number of nitrogens with zero attached hydrogens (tertiary/aromatic N) is 2. The third-order valence-electron chi connectivity index (χ3n) is 3.46. The summed E-state index contributed by atoms with van der Waals surface area (Å²) in [6, 6.07) is 9.02. The zero-order chi connectivity index (χ0) is 18.4. The summed E-state index contributed by atoms with van der Waals surface area (Å²) in [6.45, 7) is 2.03. The Kier molecular flexibility index (Phi) is 6.11. The van der Waals surface area contributed by atoms with Gasteiger partial charge in [0.2, 0.25) is 0 Å². The van der Waals surface area contributed by atoms with E-state index in [1.807, 2.05) is 24.3 Å². The summed E-state index contributed by atoms with van der Waals surface area (Å²) in [5.41, 5.74) is 0.889. The fourth-order valence-electron chi connectivity index (χ4n) is 2.27. The third kappa shape index (κ3) is 4.15. The van der Waals surface area contributed by atoms with E-state index in [-0.39, 0.29) is 23.4 Å². The van der Waals surface area contributed by atoms with Crippen molar-refractivity contribution >= 4 is 34.8 Å². The average Bonchev–Trinajstić information content (AvgIpc) is 2.89. The van der Waals surface area contributed by atoms with Gasteiger partial charge >= 0.3 is 5.97 Å². The van der Waals surface area contributed by atoms with Crippen molar-refractivity contribution in [2.75, 3.05) is 11.9 Å². The van der Waals surface area contributed by atoms with Crippen LogP contribution in [-0.4, -0.2) is 27.4 Å². The van der Waals surface area contributed by atoms with Gasteiger partial charge in [-0.1, -0.05) is 12.1 Å². The highest BCUT2D eigenvalue weighted by Crippen LogP contribution is 2.10. The largest absolute Gasteiger partial charge is 0.477 e. The number of anilines is 1. The number of aliphatic carboxylic acids is 1. The second-order valence-corrected chi connectivity index (χ2v) is 6.11. The van der Waals surface area contributed by atoms with Gasteiger partial charge in [-0.05, 0) is 31.0 Å². The molecule has 0 aliphatic rings. The highest BCUT2D eigenvalue weighted by atomic mass is 32.1. The van der Waals surface area contributed by atoms with Crippen molar-refractivity contribution in [1.82, 2.24) is 4.57 Å². The molecule has 2 rings (SSSR count). The quantitative estimate of drug-likeness (QED) is 0.672. The predicted molar refractivity (Wildman–Crippen MR) is 95.5 cm³/mol. The van der Waals surface area contributed by atoms with Gasteiger partial charge in [-0.25, -0.2) is 4.79 Å². The number of carbonyl (C=O) groups is 1. The summed E-state index contributed by atoms with van der Waals surface area (Å²) < 4.78 is 1.70. The second-order valence-electron chi connectivity index (χ2n) is 5.08. The van der Waals surface area contributed by atoms with Crippen molar-refractivity contribution in [3.8, 4) is 6.07 Å². The van der Waals surface area contributed by atoms with E-state index in [4.69, 9.17) is 15.5 Å². The number of aliphatic hydroxyl groups is 1. The van der Waals surface area contributed by atoms with Crippen molar-refractivity contribution in [1.29, 1.82) is 5.26 Å². The van der Waals surface area contributed by atoms with Gasteiger partial charge in [0.25, 0.3) is 5.56 Å². The lowest BCUT2D eigenvalue weighted by molar-refractivity contribution is -0.130. The molecule has 0 aliphatic carbocycles. The van der Waals surface area contributed by atoms with Crippen LogP contribution in [0.4, 0.5) is 5.69 Å². The standard InChI is InChI=1S/C17H17N3O4S/c1-2-20-15(22)14(25-16(20)13(9-18)17(23)24)10-19-12-5-3-4-11(8-12)6-7-21/h3-5,8,10,19,21H,2,6-7H2,1H3,(H,23,24)/b14-10+,16-13-. The molecule has 130 valence electrons. The first-order chi connectivity index (χ1) is 12.0. The number of aromatic nitrogens is 1. The zero-order valence-electron chi connectivity index (χ0n) is 13.5. The van der Waals surface area contributed by atoms with Gasteiger partial charge in [0, 0.05) is 25.0 Å². The van der Waals surface area contributed by atoms with E-state index < -0.39 is 11.5 Å². The van der Waals surface area contributed by atoms with Crippen LogP contribution in [0.25, 0.3) is 11.8 Å². The second kappa shape index (κ2) is 8.28. The Morgan fingerprint density at radius 2 is 2.24 bits per heavy atom. The number of carboxylic acids is 1. The van der Waals surface area contributed by atoms with E-state index in [0.717, 1.165) is 22.6 Å². The molecule has 1 aromatic carbocycles. The fourth-order valence-corrected chi connectivity index (χ4v) is 3.36. The number of benzene rings is 1. The van der Waals surface area contributed by atoms with Crippen LogP contribution >= 0.6 is 11.3 Å². The summed E-state index contributed by atoms with van der Waals surface area (Å²) >= 11 is 0.957. The number of thiazole rings is 1. The molecule has 1 aromatic heterocycles. The van der Waals surface area contributed by atoms with Gasteiger partial charge in [-0.3, -0.25) is 9.36 Å². The normalized spacial score (nSPS) is 12.6. The first-order valence-corrected chi connectivity index (χ1v) is 8.37. The lowest BCUT2D eigenvalue weighted by atomic mass is 10.1. The minimum absolute atomic E-state index is 0.0463. The number of hydrogen-bond donors (Lipinski definition) is 3. The maximum atomic E-state index is 12.4. The number of rotatable bonds is 6. The Morgan fingerprint density at radius 1 is 1.48 bits per heavy atom. The maximum absolute atomic E-state index is 12.4. The number of aliphatic hydroxyl groups excluding tert-OH is 1. The molecule has 0 bridgehead atoms. The van der Waals surface area contributed by atoms with Gasteiger partial charge in [-0.15, -0.1) is 11.3 Å². The Bertz CT molecular complexity index is 998. The summed E-state index contributed by atoms with van der Waals surface area (Å²) in [7, 11) is 0. The van der Waals surface area contributed by atoms with E-state index in [2.05, 4.69) is 5.32 Å². The lowest BCUT2D eigenvalue weighted by Crippen LogP contribution is -2.32. The van der Waals surface area contributed by atoms with Crippen molar-refractivity contribution in [3.05, 3.63) is 49.4 Å². The Morgan fingerprint density at radius 3 is 2.84 bits per heavy atom. The van der Waals surface area contributed by atoms with Crippen molar-refractivity contribution < 1.29 is 15.0 Å². The molecular formula is C17H17N3O4S. The van der Waals surface area contributed by atoms with Crippen LogP contribution in [0, 0.1) is 11.3 Å². The molecule has 0 unspecified atom stereocenters. The average molecular weight is 359 g/mol. The lowest BCUT2D eigenvalue weighted by Gasteiger charge is -2.03. The SMILES string of the molecule is CCn1c(=O)/c(=C\Nc2cccc(CCO)c2)s/c1=C(/C#N)C(=O)O. The monoisotopic (exact) mass is 359 g/mol. The van der Waals surface area contributed by atoms with E-state index >= 15 is 0 Å². The topological polar surface area (TPSA) is 115 Å². The Balaban J connectivity index is 2.51. The molecule has 0 fully saturated rings. The van der Waals surface area contributed by atoms with Crippen LogP contribution in [0.3, 0.4) is 0 Å². The highest BCUT2D eigenvalue weighted by Gasteiger charge is 2.13. The molecule has 3 N–H and O–H groups in total. The first-order valence-electron chi connectivity index (χ1n) is 7.55. The number of nitrogens with one attached hydrogen (secondary N) is 1. The van der Waals surface area contributed by atoms with Crippen LogP contribution in [0.5, 0.6) is 0 Å². The van der Waals surface area contributed by atoms with Crippen molar-refractivity contribution in [2.45, 2.75) is 19.9 Å². The van der Waals surface area contributed by atoms with Gasteiger partial charge < -0.3 is 15.5 Å². The van der Waals surface area contributed by atoms with Crippen LogP contribution in [0.2, 0.25) is 0 Å². The molecule has 0 saturated carbocycles. The maximum Gasteiger partial charge on any atom is 0.349 e. The molecule has 0 amide bonds. The molecule has 1 heterocycles. The van der Waals surface area contributed by atoms with Gasteiger partial charge in [0.1, 0.15) is 15.3 Å². The molecular weight excluding hydrogens is 342 g/mol. The molecule has 0 radical (unpaired) electrons. The third-order valence-corrected chi connectivity index (χ3v) is 4.59. The van der Waals surface area contributed by atoms with Gasteiger partial charge in [-0.2, -0.15) is 5.26 Å². The Labute approximate surface area is 147 Å². The Hall–Kier alpha value is -2.89. The smallest absolute Gasteiger partial charge is 0.349 e. The summed E-state index contributed by atoms with van der Waals surface area (Å²) in [4.78, 5) is 23.6. The van der Waals surface area contributed by atoms with E-state index in [1.165, 1.54) is 10.8 Å². The number of nitriles is 1. The van der Waals surface area contributed by atoms with Crippen molar-refractivity contribution in [2.24, 2.45) is 0 Å². The van der Waals surface area contributed by atoms with Crippen LogP contribution in [-0.2, 0) is 17.8 Å². The minimum Gasteiger partial charge on any atom is -0.477 e. The van der Waals surface area contributed by atoms with E-state index in [0.29, 0.717) is 11.0 Å². The fraction of sp³-hybridized carbons (Fsp3) is 0.235. The van der Waals surface area contributed by atoms with Crippen LogP contribution in [0.1, 0.15) is 12.5 Å². The summed E-state index contributed by atoms with van der Waals surface area (Å²) in [5, 5.41) is 30.1. The zero-order valence-corrected chi connectivity index (χ0v) is 14.3. The predicted octanol–water partition coefficient (Wildman–Crippen LogP) is 0.0735. The van der Waals surface area contributed by atoms with E-state index in [1.54, 1.807) is 13.0 Å². The molecule has 7 nitrogen and oxygen atoms in total. The molecule has 0 saturated heterocycles. The van der Waals surface area contributed by atoms with Gasteiger partial charge in [0.15, 0.2) is 5.57 Å². The van der Waals surface area contributed by atoms with Crippen LogP contribution in [0.15, 0.2) is 29.1 Å². The highest BCUT2D eigenvalue weighted by molar-refractivity contribution is 7.07. The molecule has 0 spiro atoms. The van der Waals surface area contributed by atoms with Crippen LogP contribution < -0.4 is 20.1 Å². The molecule has 2 aromatic rings. The molecule has 25 heavy (non-hydrogen) atoms. The van der Waals surface area contributed by atoms with Crippen molar-refractivity contribution in [3.63, 3.8) is 0 Å². The number of hydrogen-bond acceptors (Lipinski definition) is 6. The minimum atomic E-state index is -1.36. The first kappa shape index (κ1) is 18.4. The summed E-state index contributed by atoms with van der Waals surface area (Å²) in [6.07, 6.45) is 2.03.